The average Bonchev–Trinajstić information content (AvgIpc) is 3.19. The van der Waals surface area contributed by atoms with E-state index >= 15 is 0 Å². The first-order chi connectivity index (χ1) is 16.4. The van der Waals surface area contributed by atoms with Crippen LogP contribution in [0.1, 0.15) is 39.1 Å². The Balaban J connectivity index is 0.000000229. The Morgan fingerprint density at radius 3 is 2.00 bits per heavy atom. The molecule has 3 aromatic carbocycles. The van der Waals surface area contributed by atoms with Crippen molar-refractivity contribution in [2.24, 2.45) is 5.73 Å². The maximum Gasteiger partial charge on any atom is 0.333 e. The molecule has 0 bridgehead atoms. The number of amides is 1. The van der Waals surface area contributed by atoms with Gasteiger partial charge in [0.15, 0.2) is 6.04 Å². The zero-order valence-corrected chi connectivity index (χ0v) is 20.4. The Bertz CT molecular complexity index is 1150. The number of methoxy groups -OCH3 is 2. The maximum atomic E-state index is 12.6. The fourth-order valence-electron chi connectivity index (χ4n) is 3.63. The van der Waals surface area contributed by atoms with Crippen molar-refractivity contribution in [3.05, 3.63) is 106 Å². The lowest BCUT2D eigenvalue weighted by molar-refractivity contribution is -0.146. The molecule has 0 aromatic heterocycles. The van der Waals surface area contributed by atoms with E-state index in [-0.39, 0.29) is 5.91 Å². The first-order valence-corrected chi connectivity index (χ1v) is 11.3. The molecule has 2 atom stereocenters. The highest BCUT2D eigenvalue weighted by molar-refractivity contribution is 9.10. The topological polar surface area (TPSA) is 98.9 Å². The van der Waals surface area contributed by atoms with E-state index in [0.717, 1.165) is 21.2 Å². The summed E-state index contributed by atoms with van der Waals surface area (Å²) in [7, 11) is 2.66. The third kappa shape index (κ3) is 5.70. The molecule has 176 valence electrons. The molecule has 1 aliphatic rings. The predicted molar refractivity (Wildman–Crippen MR) is 131 cm³/mol. The lowest BCUT2D eigenvalue weighted by Crippen LogP contribution is -2.35. The number of esters is 2. The van der Waals surface area contributed by atoms with Crippen molar-refractivity contribution in [2.75, 3.05) is 14.2 Å². The molecule has 0 radical (unpaired) electrons. The van der Waals surface area contributed by atoms with Crippen LogP contribution in [0, 0.1) is 0 Å². The van der Waals surface area contributed by atoms with Gasteiger partial charge in [0.25, 0.3) is 5.91 Å². The highest BCUT2D eigenvalue weighted by atomic mass is 79.9. The first-order valence-electron chi connectivity index (χ1n) is 10.5. The van der Waals surface area contributed by atoms with E-state index in [9.17, 15) is 14.4 Å². The van der Waals surface area contributed by atoms with Gasteiger partial charge < -0.3 is 20.1 Å². The number of rotatable bonds is 5. The van der Waals surface area contributed by atoms with Crippen LogP contribution in [-0.2, 0) is 25.6 Å². The molecular formula is C26H25BrN2O5. The summed E-state index contributed by atoms with van der Waals surface area (Å²) in [5.41, 5.74) is 8.63. The molecule has 0 saturated heterocycles. The van der Waals surface area contributed by atoms with Gasteiger partial charge in [0, 0.05) is 16.6 Å². The maximum absolute atomic E-state index is 12.6. The zero-order chi connectivity index (χ0) is 24.7. The third-order valence-electron chi connectivity index (χ3n) is 5.36. The minimum atomic E-state index is -0.732. The summed E-state index contributed by atoms with van der Waals surface area (Å²) in [5, 5.41) is 0. The normalized spacial score (nSPS) is 13.8. The van der Waals surface area contributed by atoms with Gasteiger partial charge in [-0.25, -0.2) is 4.79 Å². The molecule has 1 amide bonds. The number of hydrogen-bond acceptors (Lipinski definition) is 6. The Morgan fingerprint density at radius 1 is 0.882 bits per heavy atom. The number of carbonyl (C=O) groups excluding carboxylic acids is 3. The van der Waals surface area contributed by atoms with Gasteiger partial charge in [0.2, 0.25) is 0 Å². The zero-order valence-electron chi connectivity index (χ0n) is 18.8. The summed E-state index contributed by atoms with van der Waals surface area (Å²) in [5.74, 6) is -1.01. The summed E-state index contributed by atoms with van der Waals surface area (Å²) >= 11 is 3.41. The number of benzene rings is 3. The molecule has 0 unspecified atom stereocenters. The smallest absolute Gasteiger partial charge is 0.333 e. The highest BCUT2D eigenvalue weighted by Crippen LogP contribution is 2.33. The van der Waals surface area contributed by atoms with Gasteiger partial charge in [-0.05, 0) is 34.9 Å². The van der Waals surface area contributed by atoms with Crippen LogP contribution in [0.25, 0.3) is 0 Å². The predicted octanol–water partition coefficient (Wildman–Crippen LogP) is 4.18. The molecule has 8 heteroatoms. The second kappa shape index (κ2) is 11.6. The molecular weight excluding hydrogens is 500 g/mol. The number of nitrogens with two attached hydrogens (primary N) is 1. The second-order valence-electron chi connectivity index (χ2n) is 7.48. The molecule has 0 spiro atoms. The molecule has 0 fully saturated rings. The summed E-state index contributed by atoms with van der Waals surface area (Å²) in [6.07, 6.45) is 0. The second-order valence-corrected chi connectivity index (χ2v) is 8.40. The molecule has 3 aromatic rings. The van der Waals surface area contributed by atoms with Gasteiger partial charge in [-0.3, -0.25) is 9.59 Å². The minimum Gasteiger partial charge on any atom is -0.468 e. The van der Waals surface area contributed by atoms with Crippen molar-refractivity contribution in [2.45, 2.75) is 18.6 Å². The van der Waals surface area contributed by atoms with Crippen LogP contribution in [0.3, 0.4) is 0 Å². The van der Waals surface area contributed by atoms with Crippen molar-refractivity contribution in [1.29, 1.82) is 0 Å². The minimum absolute atomic E-state index is 0.151. The highest BCUT2D eigenvalue weighted by Gasteiger charge is 2.37. The van der Waals surface area contributed by atoms with Crippen LogP contribution in [0.2, 0.25) is 0 Å². The largest absolute Gasteiger partial charge is 0.468 e. The van der Waals surface area contributed by atoms with Crippen molar-refractivity contribution in [3.8, 4) is 0 Å². The third-order valence-corrected chi connectivity index (χ3v) is 5.86. The van der Waals surface area contributed by atoms with Crippen LogP contribution in [0.5, 0.6) is 0 Å². The summed E-state index contributed by atoms with van der Waals surface area (Å²) in [4.78, 5) is 37.4. The van der Waals surface area contributed by atoms with Crippen LogP contribution in [0.15, 0.2) is 83.3 Å². The standard InChI is InChI=1S/C17H14BrNO3.C9H11NO2/c1-22-17(21)15(11-5-3-2-4-6-11)19-10-12-9-13(18)7-8-14(12)16(19)20;1-12-9(11)8(10)7-5-3-2-4-6-7/h2-9,15H,10H2,1H3;2-6,8H,10H2,1H3/t15-;8-/m11/s1. The number of halogens is 1. The molecule has 1 heterocycles. The molecule has 4 rings (SSSR count). The van der Waals surface area contributed by atoms with Gasteiger partial charge in [-0.1, -0.05) is 76.6 Å². The van der Waals surface area contributed by atoms with E-state index in [1.807, 2.05) is 60.7 Å². The molecule has 34 heavy (non-hydrogen) atoms. The number of carbonyl (C=O) groups is 3. The van der Waals surface area contributed by atoms with Crippen molar-refractivity contribution in [3.63, 3.8) is 0 Å². The Kier molecular flexibility index (Phi) is 8.56. The van der Waals surface area contributed by atoms with Gasteiger partial charge >= 0.3 is 11.9 Å². The van der Waals surface area contributed by atoms with Gasteiger partial charge in [0.1, 0.15) is 6.04 Å². The van der Waals surface area contributed by atoms with Gasteiger partial charge in [0.05, 0.1) is 14.2 Å². The van der Waals surface area contributed by atoms with Gasteiger partial charge in [-0.2, -0.15) is 0 Å². The van der Waals surface area contributed by atoms with Crippen molar-refractivity contribution >= 4 is 33.8 Å². The van der Waals surface area contributed by atoms with Gasteiger partial charge in [-0.15, -0.1) is 0 Å². The Labute approximate surface area is 206 Å². The van der Waals surface area contributed by atoms with E-state index in [4.69, 9.17) is 10.5 Å². The van der Waals surface area contributed by atoms with E-state index < -0.39 is 24.0 Å². The molecule has 1 aliphatic heterocycles. The summed E-state index contributed by atoms with van der Waals surface area (Å²) in [6.45, 7) is 0.391. The van der Waals surface area contributed by atoms with E-state index in [1.54, 1.807) is 23.1 Å². The molecule has 7 nitrogen and oxygen atoms in total. The summed E-state index contributed by atoms with van der Waals surface area (Å²) < 4.78 is 10.3. The van der Waals surface area contributed by atoms with Crippen LogP contribution < -0.4 is 5.73 Å². The average molecular weight is 525 g/mol. The van der Waals surface area contributed by atoms with Crippen molar-refractivity contribution < 1.29 is 23.9 Å². The Hall–Kier alpha value is -3.49. The monoisotopic (exact) mass is 524 g/mol. The molecule has 2 N–H and O–H groups in total. The van der Waals surface area contributed by atoms with Crippen LogP contribution in [0.4, 0.5) is 0 Å². The lowest BCUT2D eigenvalue weighted by atomic mass is 10.1. The lowest BCUT2D eigenvalue weighted by Gasteiger charge is -2.25. The quantitative estimate of drug-likeness (QED) is 0.502. The molecule has 0 aliphatic carbocycles. The van der Waals surface area contributed by atoms with Crippen LogP contribution >= 0.6 is 15.9 Å². The fourth-order valence-corrected chi connectivity index (χ4v) is 4.04. The fraction of sp³-hybridized carbons (Fsp3) is 0.192. The first kappa shape index (κ1) is 25.1. The SMILES string of the molecule is COC(=O)[C@@H](c1ccccc1)N1Cc2cc(Br)ccc2C1=O.COC(=O)[C@H](N)c1ccccc1. The van der Waals surface area contributed by atoms with E-state index in [2.05, 4.69) is 20.7 Å². The van der Waals surface area contributed by atoms with Crippen molar-refractivity contribution in [1.82, 2.24) is 4.90 Å². The number of nitrogens with zero attached hydrogens (tertiary/aromatic N) is 1. The Morgan fingerprint density at radius 2 is 1.44 bits per heavy atom. The number of hydrogen-bond donors (Lipinski definition) is 1. The number of ether oxygens (including phenoxy) is 2. The van der Waals surface area contributed by atoms with Crippen LogP contribution in [-0.4, -0.2) is 37.0 Å². The summed E-state index contributed by atoms with van der Waals surface area (Å²) in [6, 6.07) is 22.4. The molecule has 0 saturated carbocycles. The van der Waals surface area contributed by atoms with E-state index in [1.165, 1.54) is 14.2 Å². The van der Waals surface area contributed by atoms with E-state index in [0.29, 0.717) is 12.1 Å². The number of fused-ring (bicyclic) bond motifs is 1.